The van der Waals surface area contributed by atoms with Crippen LogP contribution < -0.4 is 10.1 Å². The Kier molecular flexibility index (Phi) is 5.45. The van der Waals surface area contributed by atoms with Crippen molar-refractivity contribution in [3.63, 3.8) is 0 Å². The van der Waals surface area contributed by atoms with Gasteiger partial charge in [-0.25, -0.2) is 0 Å². The summed E-state index contributed by atoms with van der Waals surface area (Å²) in [6.45, 7) is 3.12. The summed E-state index contributed by atoms with van der Waals surface area (Å²) < 4.78 is 5.21. The highest BCUT2D eigenvalue weighted by Gasteiger charge is 2.13. The molecule has 1 N–H and O–H groups in total. The maximum atomic E-state index is 6.11. The minimum atomic E-state index is 0.152. The normalized spacial score (nSPS) is 12.2. The summed E-state index contributed by atoms with van der Waals surface area (Å²) in [5.74, 6) is 0.870. The summed E-state index contributed by atoms with van der Waals surface area (Å²) in [6.07, 6.45) is 1.09. The molecule has 2 aromatic carbocycles. The highest BCUT2D eigenvalue weighted by Crippen LogP contribution is 2.26. The van der Waals surface area contributed by atoms with Gasteiger partial charge in [0.2, 0.25) is 0 Å². The molecule has 20 heavy (non-hydrogen) atoms. The number of benzene rings is 2. The first kappa shape index (κ1) is 14.9. The molecule has 1 unspecified atom stereocenters. The Morgan fingerprint density at radius 3 is 2.45 bits per heavy atom. The summed E-state index contributed by atoms with van der Waals surface area (Å²) in [5.41, 5.74) is 2.39. The van der Waals surface area contributed by atoms with Crippen LogP contribution in [0.1, 0.15) is 30.5 Å². The highest BCUT2D eigenvalue weighted by atomic mass is 35.5. The standard InChI is InChI=1S/C17H20ClNO/c1-3-11-19-17(14-5-4-6-15(18)12-14)13-7-9-16(20-2)10-8-13/h4-10,12,17,19H,3,11H2,1-2H3. The molecule has 2 rings (SSSR count). The Hall–Kier alpha value is -1.51. The van der Waals surface area contributed by atoms with Gasteiger partial charge < -0.3 is 10.1 Å². The third-order valence-corrected chi connectivity index (χ3v) is 3.46. The summed E-state index contributed by atoms with van der Waals surface area (Å²) in [6, 6.07) is 16.3. The summed E-state index contributed by atoms with van der Waals surface area (Å²) in [4.78, 5) is 0. The number of ether oxygens (including phenoxy) is 1. The van der Waals surface area contributed by atoms with Crippen molar-refractivity contribution in [1.29, 1.82) is 0 Å². The first-order valence-electron chi connectivity index (χ1n) is 6.87. The van der Waals surface area contributed by atoms with Gasteiger partial charge in [-0.15, -0.1) is 0 Å². The molecular weight excluding hydrogens is 270 g/mol. The maximum absolute atomic E-state index is 6.11. The topological polar surface area (TPSA) is 21.3 Å². The SMILES string of the molecule is CCCNC(c1ccc(OC)cc1)c1cccc(Cl)c1. The van der Waals surface area contributed by atoms with Crippen molar-refractivity contribution in [1.82, 2.24) is 5.32 Å². The first-order valence-corrected chi connectivity index (χ1v) is 7.25. The molecule has 0 aliphatic heterocycles. The van der Waals surface area contributed by atoms with Gasteiger partial charge >= 0.3 is 0 Å². The van der Waals surface area contributed by atoms with Crippen LogP contribution in [0.2, 0.25) is 5.02 Å². The van der Waals surface area contributed by atoms with Crippen molar-refractivity contribution in [2.24, 2.45) is 0 Å². The van der Waals surface area contributed by atoms with Gasteiger partial charge in [-0.1, -0.05) is 42.8 Å². The predicted molar refractivity (Wildman–Crippen MR) is 84.6 cm³/mol. The Labute approximate surface area is 125 Å². The second-order valence-electron chi connectivity index (χ2n) is 4.72. The van der Waals surface area contributed by atoms with E-state index in [4.69, 9.17) is 16.3 Å². The molecule has 0 aromatic heterocycles. The van der Waals surface area contributed by atoms with Gasteiger partial charge in [0, 0.05) is 5.02 Å². The van der Waals surface area contributed by atoms with E-state index >= 15 is 0 Å². The largest absolute Gasteiger partial charge is 0.497 e. The van der Waals surface area contributed by atoms with Crippen molar-refractivity contribution in [3.8, 4) is 5.75 Å². The Morgan fingerprint density at radius 2 is 1.85 bits per heavy atom. The minimum absolute atomic E-state index is 0.152. The fourth-order valence-electron chi connectivity index (χ4n) is 2.20. The summed E-state index contributed by atoms with van der Waals surface area (Å²) >= 11 is 6.11. The van der Waals surface area contributed by atoms with E-state index in [1.54, 1.807) is 7.11 Å². The van der Waals surface area contributed by atoms with Crippen molar-refractivity contribution in [3.05, 3.63) is 64.7 Å². The van der Waals surface area contributed by atoms with E-state index in [-0.39, 0.29) is 6.04 Å². The van der Waals surface area contributed by atoms with E-state index in [0.29, 0.717) is 0 Å². The molecule has 0 aliphatic rings. The second-order valence-corrected chi connectivity index (χ2v) is 5.15. The minimum Gasteiger partial charge on any atom is -0.497 e. The van der Waals surface area contributed by atoms with E-state index in [0.717, 1.165) is 23.7 Å². The van der Waals surface area contributed by atoms with Gasteiger partial charge in [-0.3, -0.25) is 0 Å². The van der Waals surface area contributed by atoms with Crippen molar-refractivity contribution >= 4 is 11.6 Å². The van der Waals surface area contributed by atoms with E-state index in [9.17, 15) is 0 Å². The lowest BCUT2D eigenvalue weighted by molar-refractivity contribution is 0.414. The third kappa shape index (κ3) is 3.75. The Morgan fingerprint density at radius 1 is 1.10 bits per heavy atom. The molecule has 0 bridgehead atoms. The van der Waals surface area contributed by atoms with E-state index < -0.39 is 0 Å². The van der Waals surface area contributed by atoms with Crippen LogP contribution in [0.3, 0.4) is 0 Å². The smallest absolute Gasteiger partial charge is 0.118 e. The average molecular weight is 290 g/mol. The molecule has 0 radical (unpaired) electrons. The lowest BCUT2D eigenvalue weighted by Crippen LogP contribution is -2.23. The van der Waals surface area contributed by atoms with Crippen LogP contribution in [0, 0.1) is 0 Å². The molecule has 0 saturated carbocycles. The zero-order chi connectivity index (χ0) is 14.4. The van der Waals surface area contributed by atoms with E-state index in [1.807, 2.05) is 30.3 Å². The van der Waals surface area contributed by atoms with Gasteiger partial charge in [0.05, 0.1) is 13.2 Å². The molecule has 1 atom stereocenters. The number of halogens is 1. The van der Waals surface area contributed by atoms with Gasteiger partial charge in [0.25, 0.3) is 0 Å². The third-order valence-electron chi connectivity index (χ3n) is 3.23. The van der Waals surface area contributed by atoms with Crippen LogP contribution in [0.5, 0.6) is 5.75 Å². The molecule has 0 fully saturated rings. The Bertz CT molecular complexity index is 539. The number of rotatable bonds is 6. The Balaban J connectivity index is 2.30. The average Bonchev–Trinajstić information content (AvgIpc) is 2.48. The lowest BCUT2D eigenvalue weighted by Gasteiger charge is -2.20. The highest BCUT2D eigenvalue weighted by molar-refractivity contribution is 6.30. The second kappa shape index (κ2) is 7.32. The molecule has 0 amide bonds. The van der Waals surface area contributed by atoms with Gasteiger partial charge in [0.1, 0.15) is 5.75 Å². The van der Waals surface area contributed by atoms with Gasteiger partial charge in [-0.05, 0) is 48.4 Å². The fourth-order valence-corrected chi connectivity index (χ4v) is 2.40. The zero-order valence-electron chi connectivity index (χ0n) is 11.9. The number of hydrogen-bond acceptors (Lipinski definition) is 2. The summed E-state index contributed by atoms with van der Waals surface area (Å²) in [5, 5.41) is 4.33. The van der Waals surface area contributed by atoms with Crippen molar-refractivity contribution in [2.45, 2.75) is 19.4 Å². The molecule has 0 heterocycles. The summed E-state index contributed by atoms with van der Waals surface area (Å²) in [7, 11) is 1.68. The number of methoxy groups -OCH3 is 1. The monoisotopic (exact) mass is 289 g/mol. The van der Waals surface area contributed by atoms with E-state index in [1.165, 1.54) is 11.1 Å². The fraction of sp³-hybridized carbons (Fsp3) is 0.294. The van der Waals surface area contributed by atoms with Crippen LogP contribution >= 0.6 is 11.6 Å². The van der Waals surface area contributed by atoms with Crippen molar-refractivity contribution < 1.29 is 4.74 Å². The lowest BCUT2D eigenvalue weighted by atomic mass is 9.98. The maximum Gasteiger partial charge on any atom is 0.118 e. The number of hydrogen-bond donors (Lipinski definition) is 1. The van der Waals surface area contributed by atoms with Gasteiger partial charge in [-0.2, -0.15) is 0 Å². The van der Waals surface area contributed by atoms with Crippen LogP contribution in [0.4, 0.5) is 0 Å². The molecule has 2 aromatic rings. The zero-order valence-corrected chi connectivity index (χ0v) is 12.7. The van der Waals surface area contributed by atoms with Crippen LogP contribution in [-0.2, 0) is 0 Å². The van der Waals surface area contributed by atoms with Crippen molar-refractivity contribution in [2.75, 3.05) is 13.7 Å². The molecule has 0 aliphatic carbocycles. The molecule has 2 nitrogen and oxygen atoms in total. The molecule has 3 heteroatoms. The molecular formula is C17H20ClNO. The van der Waals surface area contributed by atoms with E-state index in [2.05, 4.69) is 30.4 Å². The predicted octanol–water partition coefficient (Wildman–Crippen LogP) is 4.44. The number of nitrogens with one attached hydrogen (secondary N) is 1. The van der Waals surface area contributed by atoms with Crippen LogP contribution in [0.15, 0.2) is 48.5 Å². The quantitative estimate of drug-likeness (QED) is 0.849. The molecule has 0 spiro atoms. The molecule has 106 valence electrons. The van der Waals surface area contributed by atoms with Crippen LogP contribution in [-0.4, -0.2) is 13.7 Å². The van der Waals surface area contributed by atoms with Crippen LogP contribution in [0.25, 0.3) is 0 Å². The first-order chi connectivity index (χ1) is 9.74. The van der Waals surface area contributed by atoms with Gasteiger partial charge in [0.15, 0.2) is 0 Å². The molecule has 0 saturated heterocycles.